The van der Waals surface area contributed by atoms with Crippen LogP contribution in [0.4, 0.5) is 11.5 Å². The third-order valence-corrected chi connectivity index (χ3v) is 4.87. The Morgan fingerprint density at radius 2 is 1.87 bits per heavy atom. The maximum Gasteiger partial charge on any atom is 0.226 e. The monoisotopic (exact) mass is 401 g/mol. The van der Waals surface area contributed by atoms with Crippen LogP contribution in [0, 0.1) is 5.92 Å². The molecule has 0 fully saturated rings. The number of rotatable bonds is 5. The van der Waals surface area contributed by atoms with Crippen LogP contribution in [0.3, 0.4) is 0 Å². The van der Waals surface area contributed by atoms with Gasteiger partial charge in [0, 0.05) is 29.4 Å². The number of carbonyl (C=O) groups excluding carboxylic acids is 1. The number of nitrogens with zero attached hydrogens (tertiary/aromatic N) is 2. The number of hydrogen-bond acceptors (Lipinski definition) is 5. The van der Waals surface area contributed by atoms with Crippen molar-refractivity contribution in [3.05, 3.63) is 54.7 Å². The average molecular weight is 401 g/mol. The van der Waals surface area contributed by atoms with Crippen molar-refractivity contribution in [1.29, 1.82) is 0 Å². The first kappa shape index (κ1) is 19.4. The molecule has 2 heterocycles. The van der Waals surface area contributed by atoms with Crippen molar-refractivity contribution < 1.29 is 9.53 Å². The highest BCUT2D eigenvalue weighted by Gasteiger charge is 2.13. The largest absolute Gasteiger partial charge is 0.497 e. The molecule has 0 aliphatic carbocycles. The molecule has 7 heteroatoms. The summed E-state index contributed by atoms with van der Waals surface area (Å²) in [7, 11) is 1.63. The average Bonchev–Trinajstić information content (AvgIpc) is 3.17. The number of aromatic amines is 1. The zero-order valence-corrected chi connectivity index (χ0v) is 17.1. The van der Waals surface area contributed by atoms with E-state index in [0.29, 0.717) is 11.6 Å². The van der Waals surface area contributed by atoms with Crippen LogP contribution in [0.15, 0.2) is 54.7 Å². The molecule has 0 bridgehead atoms. The highest BCUT2D eigenvalue weighted by molar-refractivity contribution is 5.92. The third-order valence-electron chi connectivity index (χ3n) is 4.87. The number of pyridine rings is 1. The number of fused-ring (bicyclic) bond motifs is 1. The smallest absolute Gasteiger partial charge is 0.226 e. The fourth-order valence-corrected chi connectivity index (χ4v) is 3.10. The molecule has 0 saturated carbocycles. The van der Waals surface area contributed by atoms with Crippen LogP contribution < -0.4 is 15.8 Å². The number of hydrogen-bond donors (Lipinski definition) is 3. The molecular weight excluding hydrogens is 378 g/mol. The number of aromatic nitrogens is 3. The summed E-state index contributed by atoms with van der Waals surface area (Å²) in [6, 6.07) is 15.2. The summed E-state index contributed by atoms with van der Waals surface area (Å²) in [4.78, 5) is 24.1. The molecule has 2 aromatic heterocycles. The van der Waals surface area contributed by atoms with Crippen LogP contribution in [-0.4, -0.2) is 28.0 Å². The number of nitrogens with two attached hydrogens (primary N) is 1. The van der Waals surface area contributed by atoms with Gasteiger partial charge in [-0.1, -0.05) is 26.0 Å². The molecule has 152 valence electrons. The highest BCUT2D eigenvalue weighted by atomic mass is 16.5. The number of imidazole rings is 1. The molecular formula is C23H23N5O2. The summed E-state index contributed by atoms with van der Waals surface area (Å²) in [6.45, 7) is 3.72. The summed E-state index contributed by atoms with van der Waals surface area (Å²) < 4.78 is 5.27. The van der Waals surface area contributed by atoms with Crippen molar-refractivity contribution in [2.24, 2.45) is 5.92 Å². The van der Waals surface area contributed by atoms with Crippen LogP contribution in [0.2, 0.25) is 0 Å². The lowest BCUT2D eigenvalue weighted by Crippen LogP contribution is -2.17. The molecule has 7 nitrogen and oxygen atoms in total. The standard InChI is InChI=1S/C23H23N5O2/c1-13(2)23(29)26-16-6-4-14(5-7-16)15-10-18(21(24)25-12-15)22-27-19-9-8-17(30-3)11-20(19)28-22/h4-13H,1-3H3,(H2,24,25)(H,26,29)(H,27,28). The zero-order chi connectivity index (χ0) is 21.3. The lowest BCUT2D eigenvalue weighted by Gasteiger charge is -2.09. The number of methoxy groups -OCH3 is 1. The van der Waals surface area contributed by atoms with E-state index in [9.17, 15) is 4.79 Å². The Morgan fingerprint density at radius 1 is 1.10 bits per heavy atom. The van der Waals surface area contributed by atoms with Gasteiger partial charge in [0.2, 0.25) is 5.91 Å². The van der Waals surface area contributed by atoms with Gasteiger partial charge in [0.1, 0.15) is 17.4 Å². The SMILES string of the molecule is COc1ccc2nc(-c3cc(-c4ccc(NC(=O)C(C)C)cc4)cnc3N)[nH]c2c1. The molecule has 0 radical (unpaired) electrons. The minimum absolute atomic E-state index is 0.0132. The first-order valence-electron chi connectivity index (χ1n) is 9.65. The first-order valence-corrected chi connectivity index (χ1v) is 9.65. The van der Waals surface area contributed by atoms with E-state index in [0.717, 1.165) is 39.2 Å². The summed E-state index contributed by atoms with van der Waals surface area (Å²) in [6.07, 6.45) is 1.73. The Morgan fingerprint density at radius 3 is 2.57 bits per heavy atom. The van der Waals surface area contributed by atoms with Crippen molar-refractivity contribution in [2.75, 3.05) is 18.2 Å². The number of nitrogens with one attached hydrogen (secondary N) is 2. The molecule has 30 heavy (non-hydrogen) atoms. The maximum atomic E-state index is 11.9. The molecule has 2 aromatic carbocycles. The quantitative estimate of drug-likeness (QED) is 0.457. The lowest BCUT2D eigenvalue weighted by molar-refractivity contribution is -0.118. The van der Waals surface area contributed by atoms with E-state index >= 15 is 0 Å². The molecule has 0 aliphatic heterocycles. The third kappa shape index (κ3) is 3.82. The number of anilines is 2. The summed E-state index contributed by atoms with van der Waals surface area (Å²) >= 11 is 0. The van der Waals surface area contributed by atoms with Gasteiger partial charge in [0.15, 0.2) is 0 Å². The van der Waals surface area contributed by atoms with Crippen molar-refractivity contribution in [3.63, 3.8) is 0 Å². The number of carbonyl (C=O) groups is 1. The number of amides is 1. The summed E-state index contributed by atoms with van der Waals surface area (Å²) in [5.74, 6) is 1.71. The Balaban J connectivity index is 1.66. The van der Waals surface area contributed by atoms with Gasteiger partial charge in [-0.2, -0.15) is 0 Å². The van der Waals surface area contributed by atoms with Crippen LogP contribution >= 0.6 is 0 Å². The minimum Gasteiger partial charge on any atom is -0.497 e. The Bertz CT molecular complexity index is 1210. The molecule has 0 aliphatic rings. The second-order valence-corrected chi connectivity index (χ2v) is 7.35. The molecule has 0 spiro atoms. The normalized spacial score (nSPS) is 11.1. The maximum absolute atomic E-state index is 11.9. The molecule has 0 saturated heterocycles. The first-order chi connectivity index (χ1) is 14.4. The van der Waals surface area contributed by atoms with Gasteiger partial charge in [0.05, 0.1) is 23.7 Å². The predicted molar refractivity (Wildman–Crippen MR) is 119 cm³/mol. The van der Waals surface area contributed by atoms with Gasteiger partial charge in [-0.05, 0) is 35.9 Å². The van der Waals surface area contributed by atoms with Crippen molar-refractivity contribution in [3.8, 4) is 28.3 Å². The summed E-state index contributed by atoms with van der Waals surface area (Å²) in [5.41, 5.74) is 11.2. The van der Waals surface area contributed by atoms with Crippen LogP contribution in [0.5, 0.6) is 5.75 Å². The van der Waals surface area contributed by atoms with E-state index in [4.69, 9.17) is 10.5 Å². The fraction of sp³-hybridized carbons (Fsp3) is 0.174. The van der Waals surface area contributed by atoms with Gasteiger partial charge in [0.25, 0.3) is 0 Å². The van der Waals surface area contributed by atoms with Gasteiger partial charge in [-0.25, -0.2) is 9.97 Å². The van der Waals surface area contributed by atoms with Gasteiger partial charge in [-0.3, -0.25) is 4.79 Å². The molecule has 4 N–H and O–H groups in total. The second-order valence-electron chi connectivity index (χ2n) is 7.35. The number of benzene rings is 2. The minimum atomic E-state index is -0.0719. The van der Waals surface area contributed by atoms with Crippen molar-refractivity contribution in [1.82, 2.24) is 15.0 Å². The molecule has 0 atom stereocenters. The molecule has 4 rings (SSSR count). The predicted octanol–water partition coefficient (Wildman–Crippen LogP) is 4.48. The summed E-state index contributed by atoms with van der Waals surface area (Å²) in [5, 5.41) is 2.89. The van der Waals surface area contributed by atoms with E-state index in [-0.39, 0.29) is 11.8 Å². The van der Waals surface area contributed by atoms with E-state index in [1.807, 2.05) is 62.4 Å². The molecule has 0 unspecified atom stereocenters. The van der Waals surface area contributed by atoms with Crippen LogP contribution in [0.25, 0.3) is 33.5 Å². The molecule has 4 aromatic rings. The Hall–Kier alpha value is -3.87. The highest BCUT2D eigenvalue weighted by Crippen LogP contribution is 2.30. The number of H-pyrrole nitrogens is 1. The Labute approximate surface area is 174 Å². The lowest BCUT2D eigenvalue weighted by atomic mass is 10.0. The van der Waals surface area contributed by atoms with E-state index in [1.54, 1.807) is 13.3 Å². The molecule has 1 amide bonds. The van der Waals surface area contributed by atoms with Gasteiger partial charge in [-0.15, -0.1) is 0 Å². The zero-order valence-electron chi connectivity index (χ0n) is 17.1. The van der Waals surface area contributed by atoms with Crippen LogP contribution in [0.1, 0.15) is 13.8 Å². The van der Waals surface area contributed by atoms with Crippen LogP contribution in [-0.2, 0) is 4.79 Å². The Kier molecular flexibility index (Phi) is 5.10. The van der Waals surface area contributed by atoms with Crippen molar-refractivity contribution >= 4 is 28.4 Å². The van der Waals surface area contributed by atoms with Gasteiger partial charge < -0.3 is 20.8 Å². The number of nitrogen functional groups attached to an aromatic ring is 1. The second kappa shape index (κ2) is 7.87. The topological polar surface area (TPSA) is 106 Å². The van der Waals surface area contributed by atoms with Crippen molar-refractivity contribution in [2.45, 2.75) is 13.8 Å². The number of ether oxygens (including phenoxy) is 1. The van der Waals surface area contributed by atoms with Gasteiger partial charge >= 0.3 is 0 Å². The van der Waals surface area contributed by atoms with E-state index in [1.165, 1.54) is 0 Å². The van der Waals surface area contributed by atoms with E-state index in [2.05, 4.69) is 20.3 Å². The van der Waals surface area contributed by atoms with E-state index < -0.39 is 0 Å². The fourth-order valence-electron chi connectivity index (χ4n) is 3.10.